The maximum Gasteiger partial charge on any atom is 0.325 e. The van der Waals surface area contributed by atoms with E-state index < -0.39 is 11.6 Å². The van der Waals surface area contributed by atoms with E-state index in [2.05, 4.69) is 17.6 Å². The molecule has 29 heavy (non-hydrogen) atoms. The van der Waals surface area contributed by atoms with Crippen LogP contribution in [-0.2, 0) is 28.0 Å². The largest absolute Gasteiger partial charge is 0.348 e. The molecule has 4 rings (SSSR count). The number of nitrogens with one attached hydrogen (secondary N) is 2. The Morgan fingerprint density at radius 1 is 1.28 bits per heavy atom. The van der Waals surface area contributed by atoms with E-state index in [1.54, 1.807) is 11.3 Å². The van der Waals surface area contributed by atoms with Crippen molar-refractivity contribution >= 4 is 29.2 Å². The van der Waals surface area contributed by atoms with E-state index in [0.29, 0.717) is 6.42 Å². The fraction of sp³-hybridized carbons (Fsp3) is 0.409. The van der Waals surface area contributed by atoms with Crippen molar-refractivity contribution in [1.29, 1.82) is 0 Å². The Bertz CT molecular complexity index is 952. The van der Waals surface area contributed by atoms with Gasteiger partial charge in [0.05, 0.1) is 6.04 Å². The van der Waals surface area contributed by atoms with Gasteiger partial charge >= 0.3 is 6.03 Å². The molecule has 2 N–H and O–H groups in total. The second-order valence-electron chi connectivity index (χ2n) is 7.72. The number of carbonyl (C=O) groups excluding carboxylic acids is 3. The molecule has 1 saturated heterocycles. The van der Waals surface area contributed by atoms with Gasteiger partial charge < -0.3 is 10.6 Å². The predicted octanol–water partition coefficient (Wildman–Crippen LogP) is 3.27. The van der Waals surface area contributed by atoms with Crippen LogP contribution >= 0.6 is 11.3 Å². The van der Waals surface area contributed by atoms with Crippen LogP contribution < -0.4 is 10.6 Å². The van der Waals surface area contributed by atoms with Crippen molar-refractivity contribution < 1.29 is 14.4 Å². The molecule has 6 nitrogen and oxygen atoms in total. The molecule has 1 fully saturated rings. The van der Waals surface area contributed by atoms with E-state index in [1.165, 1.54) is 5.56 Å². The van der Waals surface area contributed by atoms with Crippen LogP contribution in [-0.4, -0.2) is 29.3 Å². The zero-order valence-corrected chi connectivity index (χ0v) is 17.5. The highest BCUT2D eigenvalue weighted by atomic mass is 32.1. The van der Waals surface area contributed by atoms with Crippen molar-refractivity contribution in [2.75, 3.05) is 6.54 Å². The first kappa shape index (κ1) is 19.6. The number of benzene rings is 1. The molecule has 0 unspecified atom stereocenters. The summed E-state index contributed by atoms with van der Waals surface area (Å²) in [4.78, 5) is 40.5. The molecular weight excluding hydrogens is 386 g/mol. The van der Waals surface area contributed by atoms with Gasteiger partial charge in [0.25, 0.3) is 5.91 Å². The van der Waals surface area contributed by atoms with E-state index in [9.17, 15) is 14.4 Å². The average Bonchev–Trinajstić information content (AvgIpc) is 3.29. The highest BCUT2D eigenvalue weighted by Gasteiger charge is 2.54. The van der Waals surface area contributed by atoms with E-state index in [-0.39, 0.29) is 24.4 Å². The maximum atomic E-state index is 13.2. The van der Waals surface area contributed by atoms with Crippen LogP contribution in [0, 0.1) is 0 Å². The monoisotopic (exact) mass is 411 g/mol. The number of thiophene rings is 1. The number of fused-ring (bicyclic) bond motifs is 2. The smallest absolute Gasteiger partial charge is 0.325 e. The van der Waals surface area contributed by atoms with Gasteiger partial charge in [-0.25, -0.2) is 4.79 Å². The topological polar surface area (TPSA) is 78.5 Å². The maximum absolute atomic E-state index is 13.2. The molecular formula is C22H25N3O3S. The van der Waals surface area contributed by atoms with Crippen molar-refractivity contribution in [3.63, 3.8) is 0 Å². The van der Waals surface area contributed by atoms with Gasteiger partial charge in [-0.15, -0.1) is 11.3 Å². The predicted molar refractivity (Wildman–Crippen MR) is 112 cm³/mol. The van der Waals surface area contributed by atoms with Crippen molar-refractivity contribution in [2.24, 2.45) is 0 Å². The summed E-state index contributed by atoms with van der Waals surface area (Å²) in [5.74, 6) is -0.670. The molecule has 0 saturated carbocycles. The SMILES string of the molecule is CCc1ccc([C@@H](C)NC(=O)CN2C(=O)N[C@]3(CCCc4sccc43)C2=O)cc1. The van der Waals surface area contributed by atoms with Crippen molar-refractivity contribution in [2.45, 2.75) is 51.1 Å². The van der Waals surface area contributed by atoms with Gasteiger partial charge in [-0.05, 0) is 55.2 Å². The summed E-state index contributed by atoms with van der Waals surface area (Å²) in [7, 11) is 0. The van der Waals surface area contributed by atoms with Crippen molar-refractivity contribution in [3.8, 4) is 0 Å². The third-order valence-corrected chi connectivity index (χ3v) is 6.88. The van der Waals surface area contributed by atoms with Gasteiger partial charge in [0.15, 0.2) is 0 Å². The van der Waals surface area contributed by atoms with Crippen LogP contribution in [0.5, 0.6) is 0 Å². The molecule has 2 atom stereocenters. The lowest BCUT2D eigenvalue weighted by Crippen LogP contribution is -2.47. The van der Waals surface area contributed by atoms with Gasteiger partial charge in [-0.3, -0.25) is 14.5 Å². The Morgan fingerprint density at radius 3 is 2.76 bits per heavy atom. The van der Waals surface area contributed by atoms with Gasteiger partial charge in [0.1, 0.15) is 12.1 Å². The Hall–Kier alpha value is -2.67. The zero-order valence-electron chi connectivity index (χ0n) is 16.7. The van der Waals surface area contributed by atoms with Crippen molar-refractivity contribution in [1.82, 2.24) is 15.5 Å². The minimum Gasteiger partial charge on any atom is -0.348 e. The van der Waals surface area contributed by atoms with Crippen LogP contribution in [0.3, 0.4) is 0 Å². The third-order valence-electron chi connectivity index (χ3n) is 5.90. The molecule has 1 aliphatic heterocycles. The lowest BCUT2D eigenvalue weighted by atomic mass is 9.80. The molecule has 1 aromatic heterocycles. The quantitative estimate of drug-likeness (QED) is 0.741. The lowest BCUT2D eigenvalue weighted by Gasteiger charge is -2.31. The minimum atomic E-state index is -1.01. The number of nitrogens with zero attached hydrogens (tertiary/aromatic N) is 1. The number of urea groups is 1. The normalized spacial score (nSPS) is 21.8. The molecule has 1 spiro atoms. The summed E-state index contributed by atoms with van der Waals surface area (Å²) < 4.78 is 0. The first-order chi connectivity index (χ1) is 13.9. The standard InChI is InChI=1S/C22H25N3O3S/c1-3-15-6-8-16(9-7-15)14(2)23-19(26)13-25-20(27)22(24-21(25)28)11-4-5-18-17(22)10-12-29-18/h6-10,12,14H,3-5,11,13H2,1-2H3,(H,23,26)(H,24,28)/t14-,22+/m1/s1. The minimum absolute atomic E-state index is 0.207. The van der Waals surface area contributed by atoms with E-state index in [0.717, 1.165) is 40.2 Å². The van der Waals surface area contributed by atoms with Gasteiger partial charge in [-0.1, -0.05) is 31.2 Å². The Kier molecular flexibility index (Phi) is 5.17. The van der Waals surface area contributed by atoms with Gasteiger partial charge in [-0.2, -0.15) is 0 Å². The molecule has 1 aliphatic carbocycles. The number of hydrogen-bond donors (Lipinski definition) is 2. The second-order valence-corrected chi connectivity index (χ2v) is 8.72. The zero-order chi connectivity index (χ0) is 20.6. The number of aryl methyl sites for hydroxylation is 2. The summed E-state index contributed by atoms with van der Waals surface area (Å²) in [6, 6.07) is 9.29. The molecule has 0 bridgehead atoms. The van der Waals surface area contributed by atoms with Crippen LogP contribution in [0.1, 0.15) is 54.3 Å². The summed E-state index contributed by atoms with van der Waals surface area (Å²) >= 11 is 1.61. The molecule has 152 valence electrons. The van der Waals surface area contributed by atoms with Gasteiger partial charge in [0, 0.05) is 10.4 Å². The summed E-state index contributed by atoms with van der Waals surface area (Å²) in [6.07, 6.45) is 3.29. The third kappa shape index (κ3) is 3.44. The highest BCUT2D eigenvalue weighted by molar-refractivity contribution is 7.10. The van der Waals surface area contributed by atoms with Crippen molar-refractivity contribution in [3.05, 3.63) is 57.3 Å². The lowest BCUT2D eigenvalue weighted by molar-refractivity contribution is -0.135. The number of carbonyl (C=O) groups is 3. The van der Waals surface area contributed by atoms with E-state index in [4.69, 9.17) is 0 Å². The Labute approximate surface area is 174 Å². The summed E-state index contributed by atoms with van der Waals surface area (Å²) in [5, 5.41) is 7.73. The Balaban J connectivity index is 1.45. The molecule has 1 aromatic carbocycles. The second kappa shape index (κ2) is 7.63. The molecule has 2 aliphatic rings. The number of hydrogen-bond acceptors (Lipinski definition) is 4. The average molecular weight is 412 g/mol. The first-order valence-electron chi connectivity index (χ1n) is 10.0. The number of amides is 4. The number of imide groups is 1. The summed E-state index contributed by atoms with van der Waals surface area (Å²) in [6.45, 7) is 3.71. The van der Waals surface area contributed by atoms with Crippen LogP contribution in [0.4, 0.5) is 4.79 Å². The Morgan fingerprint density at radius 2 is 2.03 bits per heavy atom. The van der Waals surface area contributed by atoms with E-state index >= 15 is 0 Å². The highest BCUT2D eigenvalue weighted by Crippen LogP contribution is 2.42. The molecule has 7 heteroatoms. The first-order valence-corrected chi connectivity index (χ1v) is 10.9. The van der Waals surface area contributed by atoms with E-state index in [1.807, 2.05) is 42.6 Å². The van der Waals surface area contributed by atoms with Crippen LogP contribution in [0.2, 0.25) is 0 Å². The van der Waals surface area contributed by atoms with Crippen LogP contribution in [0.15, 0.2) is 35.7 Å². The summed E-state index contributed by atoms with van der Waals surface area (Å²) in [5.41, 5.74) is 2.10. The molecule has 4 amide bonds. The van der Waals surface area contributed by atoms with Gasteiger partial charge in [0.2, 0.25) is 5.91 Å². The fourth-order valence-electron chi connectivity index (χ4n) is 4.24. The molecule has 0 radical (unpaired) electrons. The van der Waals surface area contributed by atoms with Crippen LogP contribution in [0.25, 0.3) is 0 Å². The fourth-order valence-corrected chi connectivity index (χ4v) is 5.24. The number of rotatable bonds is 5. The molecule has 2 aromatic rings. The molecule has 2 heterocycles.